The molecule has 0 amide bonds. The normalized spacial score (nSPS) is 10.5. The van der Waals surface area contributed by atoms with Crippen LogP contribution >= 0.6 is 0 Å². The number of carbonyl (C=O) groups is 1. The number of methoxy groups -OCH3 is 3. The number of benzene rings is 1. The average Bonchev–Trinajstić information content (AvgIpc) is 2.75. The minimum atomic E-state index is -0.654. The lowest BCUT2D eigenvalue weighted by atomic mass is 10.1. The molecule has 9 nitrogen and oxygen atoms in total. The summed E-state index contributed by atoms with van der Waals surface area (Å²) in [7, 11) is 4.09. The summed E-state index contributed by atoms with van der Waals surface area (Å²) in [5, 5.41) is 19.9. The molecule has 0 spiro atoms. The zero-order chi connectivity index (χ0) is 22.4. The molecule has 0 saturated carbocycles. The highest BCUT2D eigenvalue weighted by atomic mass is 16.5. The summed E-state index contributed by atoms with van der Waals surface area (Å²) in [6.07, 6.45) is 2.68. The van der Waals surface area contributed by atoms with Gasteiger partial charge in [-0.2, -0.15) is 5.26 Å². The highest BCUT2D eigenvalue weighted by molar-refractivity contribution is 5.98. The second-order valence-corrected chi connectivity index (χ2v) is 6.03. The number of ether oxygens (including phenoxy) is 3. The van der Waals surface area contributed by atoms with Crippen LogP contribution in [-0.2, 0) is 11.3 Å². The zero-order valence-corrected chi connectivity index (χ0v) is 17.1. The van der Waals surface area contributed by atoms with Gasteiger partial charge in [-0.1, -0.05) is 6.08 Å². The van der Waals surface area contributed by atoms with Crippen LogP contribution in [-0.4, -0.2) is 43.2 Å². The SMILES string of the molecule is C=CCn1c(O)c(C=Nc2cc(OC)c(OC)cc2C(=O)OC)c(C)c(C#N)c1=O. The topological polar surface area (TPSA) is 123 Å². The Morgan fingerprint density at radius 3 is 2.47 bits per heavy atom. The Kier molecular flexibility index (Phi) is 6.99. The van der Waals surface area contributed by atoms with Crippen LogP contribution < -0.4 is 15.0 Å². The highest BCUT2D eigenvalue weighted by Gasteiger charge is 2.19. The van der Waals surface area contributed by atoms with Gasteiger partial charge in [0.1, 0.15) is 11.6 Å². The summed E-state index contributed by atoms with van der Waals surface area (Å²) in [6, 6.07) is 4.74. The van der Waals surface area contributed by atoms with Gasteiger partial charge in [0.15, 0.2) is 11.5 Å². The van der Waals surface area contributed by atoms with Crippen molar-refractivity contribution in [3.05, 3.63) is 57.4 Å². The molecule has 30 heavy (non-hydrogen) atoms. The minimum absolute atomic E-state index is 0.00420. The number of nitriles is 1. The Balaban J connectivity index is 2.74. The van der Waals surface area contributed by atoms with E-state index in [9.17, 15) is 20.0 Å². The van der Waals surface area contributed by atoms with Gasteiger partial charge in [-0.3, -0.25) is 14.4 Å². The van der Waals surface area contributed by atoms with Crippen molar-refractivity contribution in [2.45, 2.75) is 13.5 Å². The third kappa shape index (κ3) is 4.03. The van der Waals surface area contributed by atoms with Crippen molar-refractivity contribution >= 4 is 17.9 Å². The van der Waals surface area contributed by atoms with Gasteiger partial charge in [-0.25, -0.2) is 4.79 Å². The molecular formula is C21H21N3O6. The number of carbonyl (C=O) groups excluding carboxylic acids is 1. The monoisotopic (exact) mass is 411 g/mol. The first-order chi connectivity index (χ1) is 14.3. The number of aliphatic imine (C=N–C) groups is 1. The van der Waals surface area contributed by atoms with Gasteiger partial charge < -0.3 is 19.3 Å². The van der Waals surface area contributed by atoms with Gasteiger partial charge in [-0.15, -0.1) is 6.58 Å². The molecule has 1 aromatic heterocycles. The first-order valence-electron chi connectivity index (χ1n) is 8.70. The molecule has 0 radical (unpaired) electrons. The Morgan fingerprint density at radius 1 is 1.30 bits per heavy atom. The summed E-state index contributed by atoms with van der Waals surface area (Å²) in [5.74, 6) is -0.395. The predicted molar refractivity (Wildman–Crippen MR) is 110 cm³/mol. The van der Waals surface area contributed by atoms with Crippen molar-refractivity contribution in [3.8, 4) is 23.4 Å². The van der Waals surface area contributed by atoms with Gasteiger partial charge in [-0.05, 0) is 12.5 Å². The van der Waals surface area contributed by atoms with E-state index in [1.165, 1.54) is 52.7 Å². The van der Waals surface area contributed by atoms with E-state index in [2.05, 4.69) is 11.6 Å². The fourth-order valence-electron chi connectivity index (χ4n) is 2.81. The van der Waals surface area contributed by atoms with Gasteiger partial charge in [0.05, 0.1) is 38.1 Å². The fraction of sp³-hybridized carbons (Fsp3) is 0.238. The Labute approximate surface area is 173 Å². The van der Waals surface area contributed by atoms with Gasteiger partial charge in [0.25, 0.3) is 5.56 Å². The van der Waals surface area contributed by atoms with E-state index >= 15 is 0 Å². The smallest absolute Gasteiger partial charge is 0.340 e. The van der Waals surface area contributed by atoms with E-state index in [0.717, 1.165) is 4.57 Å². The molecule has 2 rings (SSSR count). The first kappa shape index (κ1) is 22.2. The molecule has 1 aromatic carbocycles. The van der Waals surface area contributed by atoms with Gasteiger partial charge >= 0.3 is 5.97 Å². The lowest BCUT2D eigenvalue weighted by Gasteiger charge is -2.13. The molecule has 0 bridgehead atoms. The number of nitrogens with zero attached hydrogens (tertiary/aromatic N) is 3. The number of hydrogen-bond acceptors (Lipinski definition) is 8. The van der Waals surface area contributed by atoms with Gasteiger partial charge in [0.2, 0.25) is 5.88 Å². The third-order valence-electron chi connectivity index (χ3n) is 4.40. The van der Waals surface area contributed by atoms with Crippen LogP contribution in [0, 0.1) is 18.3 Å². The van der Waals surface area contributed by atoms with Crippen LogP contribution in [0.1, 0.15) is 27.0 Å². The van der Waals surface area contributed by atoms with Crippen LogP contribution in [0.4, 0.5) is 5.69 Å². The molecule has 0 unspecified atom stereocenters. The van der Waals surface area contributed by atoms with E-state index in [4.69, 9.17) is 14.2 Å². The third-order valence-corrected chi connectivity index (χ3v) is 4.40. The summed E-state index contributed by atoms with van der Waals surface area (Å²) >= 11 is 0. The summed E-state index contributed by atoms with van der Waals surface area (Å²) in [6.45, 7) is 5.08. The summed E-state index contributed by atoms with van der Waals surface area (Å²) < 4.78 is 16.3. The largest absolute Gasteiger partial charge is 0.494 e. The van der Waals surface area contributed by atoms with Crippen molar-refractivity contribution in [3.63, 3.8) is 0 Å². The van der Waals surface area contributed by atoms with E-state index in [0.29, 0.717) is 11.5 Å². The maximum Gasteiger partial charge on any atom is 0.340 e. The Bertz CT molecular complexity index is 1130. The molecule has 0 aliphatic heterocycles. The number of pyridine rings is 1. The zero-order valence-electron chi connectivity index (χ0n) is 17.1. The van der Waals surface area contributed by atoms with E-state index in [-0.39, 0.29) is 40.4 Å². The molecule has 1 N–H and O–H groups in total. The number of aromatic hydroxyl groups is 1. The molecule has 0 atom stereocenters. The van der Waals surface area contributed by atoms with E-state index in [1.807, 2.05) is 6.07 Å². The van der Waals surface area contributed by atoms with E-state index in [1.54, 1.807) is 0 Å². The van der Waals surface area contributed by atoms with E-state index < -0.39 is 11.5 Å². The van der Waals surface area contributed by atoms with Crippen molar-refractivity contribution in [1.82, 2.24) is 4.57 Å². The molecule has 9 heteroatoms. The maximum atomic E-state index is 12.4. The number of rotatable bonds is 7. The predicted octanol–water partition coefficient (Wildman–Crippen LogP) is 2.47. The summed E-state index contributed by atoms with van der Waals surface area (Å²) in [4.78, 5) is 28.9. The second-order valence-electron chi connectivity index (χ2n) is 6.03. The molecule has 0 aliphatic carbocycles. The van der Waals surface area contributed by atoms with Crippen molar-refractivity contribution in [1.29, 1.82) is 5.26 Å². The lowest BCUT2D eigenvalue weighted by molar-refractivity contribution is 0.0601. The van der Waals surface area contributed by atoms with Crippen LogP contribution in [0.3, 0.4) is 0 Å². The average molecular weight is 411 g/mol. The van der Waals surface area contributed by atoms with Crippen LogP contribution in [0.5, 0.6) is 17.4 Å². The van der Waals surface area contributed by atoms with Crippen molar-refractivity contribution in [2.75, 3.05) is 21.3 Å². The molecule has 2 aromatic rings. The molecule has 0 saturated heterocycles. The quantitative estimate of drug-likeness (QED) is 0.422. The van der Waals surface area contributed by atoms with Gasteiger partial charge in [0, 0.05) is 24.9 Å². The fourth-order valence-corrected chi connectivity index (χ4v) is 2.81. The van der Waals surface area contributed by atoms with Crippen molar-refractivity contribution in [2.24, 2.45) is 4.99 Å². The molecule has 0 fully saturated rings. The number of esters is 1. The van der Waals surface area contributed by atoms with Crippen molar-refractivity contribution < 1.29 is 24.1 Å². The van der Waals surface area contributed by atoms with Crippen LogP contribution in [0.15, 0.2) is 34.6 Å². The molecule has 0 aliphatic rings. The minimum Gasteiger partial charge on any atom is -0.494 e. The lowest BCUT2D eigenvalue weighted by Crippen LogP contribution is -2.24. The Morgan fingerprint density at radius 2 is 1.93 bits per heavy atom. The maximum absolute atomic E-state index is 12.4. The van der Waals surface area contributed by atoms with Crippen LogP contribution in [0.2, 0.25) is 0 Å². The standard InChI is InChI=1S/C21H21N3O6/c1-6-7-24-19(25)14(10-22)12(2)15(20(24)26)11-23-16-9-18(29-4)17(28-3)8-13(16)21(27)30-5/h6,8-9,11,26H,1,7H2,2-5H3. The Hall–Kier alpha value is -4.06. The first-order valence-corrected chi connectivity index (χ1v) is 8.70. The van der Waals surface area contributed by atoms with Crippen LogP contribution in [0.25, 0.3) is 0 Å². The highest BCUT2D eigenvalue weighted by Crippen LogP contribution is 2.35. The number of aromatic nitrogens is 1. The molecular weight excluding hydrogens is 390 g/mol. The molecule has 156 valence electrons. The summed E-state index contributed by atoms with van der Waals surface area (Å²) in [5.41, 5.74) is -0.0768. The number of hydrogen-bond donors (Lipinski definition) is 1. The second kappa shape index (κ2) is 9.43. The number of allylic oxidation sites excluding steroid dienone is 1. The molecule has 1 heterocycles.